The number of fused-ring (bicyclic) bond motifs is 1. The van der Waals surface area contributed by atoms with Gasteiger partial charge in [0.15, 0.2) is 6.10 Å². The van der Waals surface area contributed by atoms with E-state index in [0.29, 0.717) is 30.0 Å². The molecule has 0 amide bonds. The number of benzene rings is 2. The van der Waals surface area contributed by atoms with Crippen molar-refractivity contribution in [2.24, 2.45) is 0 Å². The van der Waals surface area contributed by atoms with E-state index in [0.717, 1.165) is 23.6 Å². The number of alkyl halides is 3. The molecule has 0 saturated carbocycles. The highest BCUT2D eigenvalue weighted by atomic mass is 19.4. The van der Waals surface area contributed by atoms with Crippen molar-refractivity contribution < 1.29 is 32.5 Å². The summed E-state index contributed by atoms with van der Waals surface area (Å²) in [5.74, 6) is -0.840. The molecule has 9 heteroatoms. The van der Waals surface area contributed by atoms with Crippen molar-refractivity contribution in [3.8, 4) is 22.6 Å². The summed E-state index contributed by atoms with van der Waals surface area (Å²) in [6.07, 6.45) is -1.93. The minimum atomic E-state index is -4.81. The maximum absolute atomic E-state index is 14.3. The third kappa shape index (κ3) is 5.19. The number of nitrogens with zero attached hydrogens (tertiary/aromatic N) is 2. The molecule has 35 heavy (non-hydrogen) atoms. The quantitative estimate of drug-likeness (QED) is 0.468. The molecule has 4 rings (SSSR count). The lowest BCUT2D eigenvalue weighted by molar-refractivity contribution is -0.163. The van der Waals surface area contributed by atoms with Crippen LogP contribution in [0.4, 0.5) is 13.2 Å². The molecule has 6 nitrogen and oxygen atoms in total. The first-order valence-electron chi connectivity index (χ1n) is 11.3. The predicted octanol–water partition coefficient (Wildman–Crippen LogP) is 6.13. The number of rotatable bonds is 5. The van der Waals surface area contributed by atoms with Crippen LogP contribution in [0.2, 0.25) is 0 Å². The molecular formula is C26H27F3N2O4. The van der Waals surface area contributed by atoms with Gasteiger partial charge in [0.1, 0.15) is 5.75 Å². The maximum Gasteiger partial charge on any atom is 0.416 e. The first kappa shape index (κ1) is 24.8. The van der Waals surface area contributed by atoms with E-state index in [1.165, 1.54) is 10.7 Å². The van der Waals surface area contributed by atoms with Gasteiger partial charge in [0, 0.05) is 17.3 Å². The van der Waals surface area contributed by atoms with Gasteiger partial charge in [-0.05, 0) is 81.5 Å². The third-order valence-corrected chi connectivity index (χ3v) is 5.64. The fourth-order valence-electron chi connectivity index (χ4n) is 4.27. The number of carboxylic acid groups (broad SMARTS) is 1. The lowest BCUT2D eigenvalue weighted by Crippen LogP contribution is -2.30. The molecule has 1 aliphatic rings. The number of hydrogen-bond acceptors (Lipinski definition) is 4. The zero-order chi connectivity index (χ0) is 25.5. The number of carbonyl (C=O) groups is 1. The fourth-order valence-corrected chi connectivity index (χ4v) is 4.27. The molecule has 0 fully saturated rings. The molecule has 1 atom stereocenters. The molecular weight excluding hydrogens is 461 g/mol. The average molecular weight is 489 g/mol. The van der Waals surface area contributed by atoms with Crippen LogP contribution in [0.3, 0.4) is 0 Å². The molecule has 186 valence electrons. The second-order valence-corrected chi connectivity index (χ2v) is 9.60. The fraction of sp³-hybridized carbons (Fsp3) is 0.385. The summed E-state index contributed by atoms with van der Waals surface area (Å²) in [5, 5.41) is 14.4. The summed E-state index contributed by atoms with van der Waals surface area (Å²) in [4.78, 5) is 12.4. The Morgan fingerprint density at radius 1 is 1.20 bits per heavy atom. The SMILES string of the molecule is Cc1cnn(-c2ccc(C(F)(F)F)c(C(OC(C)(C)C)C(=O)O)c2-c2ccc3c(c2)CCCO3)c1. The molecule has 3 aromatic rings. The van der Waals surface area contributed by atoms with Gasteiger partial charge in [-0.15, -0.1) is 0 Å². The lowest BCUT2D eigenvalue weighted by atomic mass is 9.88. The minimum Gasteiger partial charge on any atom is -0.493 e. The van der Waals surface area contributed by atoms with Crippen molar-refractivity contribution >= 4 is 5.97 Å². The van der Waals surface area contributed by atoms with Crippen LogP contribution in [0, 0.1) is 6.92 Å². The monoisotopic (exact) mass is 488 g/mol. The van der Waals surface area contributed by atoms with Gasteiger partial charge in [-0.25, -0.2) is 9.48 Å². The normalized spacial score (nSPS) is 14.8. The largest absolute Gasteiger partial charge is 0.493 e. The Bertz CT molecular complexity index is 1260. The smallest absolute Gasteiger partial charge is 0.416 e. The standard InChI is InChI=1S/C26H27F3N2O4/c1-15-13-30-31(14-15)19-9-8-18(26(27,28)29)22(23(24(32)33)35-25(2,3)4)21(19)17-7-10-20-16(12-17)6-5-11-34-20/h7-10,12-14,23H,5-6,11H2,1-4H3,(H,32,33). The van der Waals surface area contributed by atoms with E-state index < -0.39 is 35.0 Å². The highest BCUT2D eigenvalue weighted by Gasteiger charge is 2.41. The maximum atomic E-state index is 14.3. The molecule has 1 N–H and O–H groups in total. The molecule has 2 aromatic carbocycles. The van der Waals surface area contributed by atoms with Crippen molar-refractivity contribution in [1.29, 1.82) is 0 Å². The Kier molecular flexibility index (Phi) is 6.40. The van der Waals surface area contributed by atoms with Gasteiger partial charge in [0.25, 0.3) is 0 Å². The van der Waals surface area contributed by atoms with Gasteiger partial charge in [-0.1, -0.05) is 6.07 Å². The topological polar surface area (TPSA) is 73.6 Å². The van der Waals surface area contributed by atoms with Crippen LogP contribution in [0.1, 0.15) is 55.5 Å². The van der Waals surface area contributed by atoms with Gasteiger partial charge in [0.2, 0.25) is 0 Å². The molecule has 0 radical (unpaired) electrons. The van der Waals surface area contributed by atoms with Crippen molar-refractivity contribution in [1.82, 2.24) is 9.78 Å². The highest BCUT2D eigenvalue weighted by molar-refractivity contribution is 5.85. The van der Waals surface area contributed by atoms with Crippen LogP contribution in [0.25, 0.3) is 16.8 Å². The zero-order valence-electron chi connectivity index (χ0n) is 19.9. The predicted molar refractivity (Wildman–Crippen MR) is 124 cm³/mol. The molecule has 2 heterocycles. The van der Waals surface area contributed by atoms with Crippen LogP contribution < -0.4 is 4.74 Å². The molecule has 1 aromatic heterocycles. The van der Waals surface area contributed by atoms with E-state index in [1.54, 1.807) is 51.4 Å². The number of carboxylic acids is 1. The van der Waals surface area contributed by atoms with Crippen molar-refractivity contribution in [3.63, 3.8) is 0 Å². The minimum absolute atomic E-state index is 0.105. The van der Waals surface area contributed by atoms with Crippen LogP contribution in [0.15, 0.2) is 42.7 Å². The number of aliphatic carboxylic acids is 1. The highest BCUT2D eigenvalue weighted by Crippen LogP contribution is 2.45. The Balaban J connectivity index is 2.09. The number of halogens is 3. The Morgan fingerprint density at radius 2 is 1.94 bits per heavy atom. The molecule has 0 spiro atoms. The summed E-state index contributed by atoms with van der Waals surface area (Å²) in [5.41, 5.74) is -0.0319. The number of hydrogen-bond donors (Lipinski definition) is 1. The van der Waals surface area contributed by atoms with E-state index in [2.05, 4.69) is 5.10 Å². The van der Waals surface area contributed by atoms with E-state index in [4.69, 9.17) is 9.47 Å². The average Bonchev–Trinajstić information content (AvgIpc) is 3.21. The summed E-state index contributed by atoms with van der Waals surface area (Å²) in [6, 6.07) is 7.35. The van der Waals surface area contributed by atoms with Crippen LogP contribution >= 0.6 is 0 Å². The number of aryl methyl sites for hydroxylation is 2. The lowest BCUT2D eigenvalue weighted by Gasteiger charge is -2.30. The van der Waals surface area contributed by atoms with E-state index >= 15 is 0 Å². The molecule has 0 saturated heterocycles. The molecule has 0 aliphatic carbocycles. The molecule has 1 unspecified atom stereocenters. The van der Waals surface area contributed by atoms with Gasteiger partial charge >= 0.3 is 12.1 Å². The Labute approximate surface area is 201 Å². The van der Waals surface area contributed by atoms with Crippen LogP contribution in [-0.4, -0.2) is 33.1 Å². The summed E-state index contributed by atoms with van der Waals surface area (Å²) in [6.45, 7) is 7.19. The van der Waals surface area contributed by atoms with Gasteiger partial charge in [-0.2, -0.15) is 18.3 Å². The molecule has 0 bridgehead atoms. The van der Waals surface area contributed by atoms with Gasteiger partial charge in [0.05, 0.1) is 29.7 Å². The van der Waals surface area contributed by atoms with E-state index in [9.17, 15) is 23.1 Å². The Morgan fingerprint density at radius 3 is 2.54 bits per heavy atom. The summed E-state index contributed by atoms with van der Waals surface area (Å²) in [7, 11) is 0. The summed E-state index contributed by atoms with van der Waals surface area (Å²) >= 11 is 0. The first-order valence-corrected chi connectivity index (χ1v) is 11.3. The van der Waals surface area contributed by atoms with Gasteiger partial charge < -0.3 is 14.6 Å². The zero-order valence-corrected chi connectivity index (χ0v) is 19.9. The van der Waals surface area contributed by atoms with E-state index in [1.807, 2.05) is 6.92 Å². The van der Waals surface area contributed by atoms with E-state index in [-0.39, 0.29) is 5.56 Å². The van der Waals surface area contributed by atoms with Crippen molar-refractivity contribution in [3.05, 3.63) is 65.0 Å². The van der Waals surface area contributed by atoms with Crippen molar-refractivity contribution in [2.45, 2.75) is 58.4 Å². The second kappa shape index (κ2) is 9.03. The van der Waals surface area contributed by atoms with Crippen LogP contribution in [-0.2, 0) is 22.1 Å². The summed E-state index contributed by atoms with van der Waals surface area (Å²) < 4.78 is 55.8. The second-order valence-electron chi connectivity index (χ2n) is 9.60. The van der Waals surface area contributed by atoms with Crippen molar-refractivity contribution in [2.75, 3.05) is 6.61 Å². The number of ether oxygens (including phenoxy) is 2. The van der Waals surface area contributed by atoms with Gasteiger partial charge in [-0.3, -0.25) is 0 Å². The first-order chi connectivity index (χ1) is 16.3. The molecule has 1 aliphatic heterocycles. The third-order valence-electron chi connectivity index (χ3n) is 5.64. The van der Waals surface area contributed by atoms with Crippen LogP contribution in [0.5, 0.6) is 5.75 Å². The Hall–Kier alpha value is -3.33. The number of aromatic nitrogens is 2.